The number of aliphatic hydroxyl groups excluding tert-OH is 1. The highest BCUT2D eigenvalue weighted by atomic mass is 16.5. The molecule has 35 heavy (non-hydrogen) atoms. The van der Waals surface area contributed by atoms with Crippen molar-refractivity contribution in [3.63, 3.8) is 0 Å². The van der Waals surface area contributed by atoms with Gasteiger partial charge in [0.15, 0.2) is 0 Å². The van der Waals surface area contributed by atoms with Gasteiger partial charge in [-0.3, -0.25) is 10.1 Å². The lowest BCUT2D eigenvalue weighted by Crippen LogP contribution is -2.61. The number of Topliss-reactive ketones (excluding diaryl/α,β-unsaturated/α-hetero) is 1. The SMILES string of the molecule is CC(C)[C@H]1N[C@H]2CC=C3CC4C(=O)C[C@]5(C)[C@@H]([C@H](C)N(C)C)[C@H](O)C[C@@]5(C)C4CCC3[C@]2(C)CO1. The van der Waals surface area contributed by atoms with E-state index in [0.29, 0.717) is 36.0 Å². The zero-order chi connectivity index (χ0) is 25.5. The highest BCUT2D eigenvalue weighted by molar-refractivity contribution is 5.84. The molecule has 5 heteroatoms. The Morgan fingerprint density at radius 3 is 2.51 bits per heavy atom. The molecule has 4 fully saturated rings. The van der Waals surface area contributed by atoms with Crippen LogP contribution in [0.3, 0.4) is 0 Å². The average Bonchev–Trinajstić information content (AvgIpc) is 2.91. The molecule has 0 spiro atoms. The molecular formula is C30H50N2O3. The molecule has 2 N–H and O–H groups in total. The first-order valence-electron chi connectivity index (χ1n) is 14.3. The fourth-order valence-electron chi connectivity index (χ4n) is 9.66. The van der Waals surface area contributed by atoms with Gasteiger partial charge in [-0.1, -0.05) is 46.3 Å². The molecule has 4 aliphatic carbocycles. The molecule has 1 saturated heterocycles. The van der Waals surface area contributed by atoms with Crippen LogP contribution in [0.4, 0.5) is 0 Å². The minimum absolute atomic E-state index is 0.0155. The second kappa shape index (κ2) is 8.64. The van der Waals surface area contributed by atoms with Crippen molar-refractivity contribution in [2.75, 3.05) is 20.7 Å². The summed E-state index contributed by atoms with van der Waals surface area (Å²) in [4.78, 5) is 16.1. The topological polar surface area (TPSA) is 61.8 Å². The van der Waals surface area contributed by atoms with Gasteiger partial charge in [0.05, 0.1) is 12.7 Å². The minimum Gasteiger partial charge on any atom is -0.393 e. The van der Waals surface area contributed by atoms with Crippen LogP contribution in [0.1, 0.15) is 80.1 Å². The lowest BCUT2D eigenvalue weighted by atomic mass is 9.48. The third kappa shape index (κ3) is 3.66. The number of carbonyl (C=O) groups excluding carboxylic acids is 1. The van der Waals surface area contributed by atoms with Crippen LogP contribution in [0.5, 0.6) is 0 Å². The highest BCUT2D eigenvalue weighted by Crippen LogP contribution is 2.69. The number of nitrogens with one attached hydrogen (secondary N) is 1. The van der Waals surface area contributed by atoms with Gasteiger partial charge in [-0.25, -0.2) is 0 Å². The molecule has 1 aliphatic heterocycles. The Morgan fingerprint density at radius 2 is 1.86 bits per heavy atom. The van der Waals surface area contributed by atoms with E-state index in [1.165, 1.54) is 5.57 Å². The smallest absolute Gasteiger partial charge is 0.137 e. The molecule has 198 valence electrons. The van der Waals surface area contributed by atoms with Crippen LogP contribution in [-0.4, -0.2) is 60.9 Å². The number of aliphatic hydroxyl groups is 1. The van der Waals surface area contributed by atoms with Gasteiger partial charge < -0.3 is 14.7 Å². The van der Waals surface area contributed by atoms with Crippen molar-refractivity contribution in [1.29, 1.82) is 0 Å². The maximum absolute atomic E-state index is 13.9. The lowest BCUT2D eigenvalue weighted by Gasteiger charge is -2.56. The van der Waals surface area contributed by atoms with Gasteiger partial charge in [-0.15, -0.1) is 0 Å². The van der Waals surface area contributed by atoms with Crippen molar-refractivity contribution in [3.8, 4) is 0 Å². The molecular weight excluding hydrogens is 436 g/mol. The van der Waals surface area contributed by atoms with Crippen LogP contribution < -0.4 is 5.32 Å². The van der Waals surface area contributed by atoms with E-state index >= 15 is 0 Å². The largest absolute Gasteiger partial charge is 0.393 e. The summed E-state index contributed by atoms with van der Waals surface area (Å²) in [6.45, 7) is 14.7. The van der Waals surface area contributed by atoms with E-state index in [1.807, 2.05) is 0 Å². The van der Waals surface area contributed by atoms with E-state index in [2.05, 4.69) is 71.9 Å². The summed E-state index contributed by atoms with van der Waals surface area (Å²) in [7, 11) is 4.21. The molecule has 5 aliphatic rings. The second-order valence-corrected chi connectivity index (χ2v) is 14.2. The predicted octanol–water partition coefficient (Wildman–Crippen LogP) is 4.64. The lowest BCUT2D eigenvalue weighted by molar-refractivity contribution is -0.147. The van der Waals surface area contributed by atoms with E-state index in [0.717, 1.165) is 38.7 Å². The average molecular weight is 487 g/mol. The van der Waals surface area contributed by atoms with Crippen molar-refractivity contribution in [2.24, 2.45) is 45.8 Å². The molecule has 0 radical (unpaired) electrons. The van der Waals surface area contributed by atoms with Crippen LogP contribution in [0.2, 0.25) is 0 Å². The van der Waals surface area contributed by atoms with Crippen molar-refractivity contribution >= 4 is 5.78 Å². The summed E-state index contributed by atoms with van der Waals surface area (Å²) in [5, 5.41) is 15.2. The third-order valence-electron chi connectivity index (χ3n) is 12.1. The molecule has 3 unspecified atom stereocenters. The molecule has 0 bridgehead atoms. The normalized spacial score (nSPS) is 50.7. The molecule has 0 aromatic heterocycles. The van der Waals surface area contributed by atoms with Crippen LogP contribution >= 0.6 is 0 Å². The monoisotopic (exact) mass is 486 g/mol. The molecule has 0 amide bonds. The van der Waals surface area contributed by atoms with Gasteiger partial charge >= 0.3 is 0 Å². The number of hydrogen-bond acceptors (Lipinski definition) is 5. The first-order valence-corrected chi connectivity index (χ1v) is 14.3. The van der Waals surface area contributed by atoms with Crippen molar-refractivity contribution in [3.05, 3.63) is 11.6 Å². The Hall–Kier alpha value is -0.750. The van der Waals surface area contributed by atoms with Gasteiger partial charge in [-0.05, 0) is 81.7 Å². The summed E-state index contributed by atoms with van der Waals surface area (Å²) in [6, 6.07) is 0.684. The highest BCUT2D eigenvalue weighted by Gasteiger charge is 2.68. The molecule has 11 atom stereocenters. The van der Waals surface area contributed by atoms with Gasteiger partial charge in [0.25, 0.3) is 0 Å². The standard InChI is InChI=1S/C30H50N2O3/c1-17(2)27-31-25-12-9-19-13-20-22(11-10-21(19)28(25,4)16-35-27)29(5)15-24(34)26(18(3)32(7)8)30(29,6)14-23(20)33/h9,17-18,20-22,24-27,31,34H,10-16H2,1-8H3/t18-,20?,21?,22?,24+,25-,26-,27-,28-,29-,30+/m0/s1. The summed E-state index contributed by atoms with van der Waals surface area (Å²) in [6.07, 6.45) is 7.87. The Labute approximate surface area is 213 Å². The van der Waals surface area contributed by atoms with Crippen molar-refractivity contribution < 1.29 is 14.6 Å². The maximum atomic E-state index is 13.9. The van der Waals surface area contributed by atoms with Crippen molar-refractivity contribution in [1.82, 2.24) is 10.2 Å². The quantitative estimate of drug-likeness (QED) is 0.569. The van der Waals surface area contributed by atoms with Crippen LogP contribution in [-0.2, 0) is 9.53 Å². The molecule has 5 nitrogen and oxygen atoms in total. The zero-order valence-corrected chi connectivity index (χ0v) is 23.4. The van der Waals surface area contributed by atoms with Crippen LogP contribution in [0.25, 0.3) is 0 Å². The Bertz CT molecular complexity index is 885. The van der Waals surface area contributed by atoms with E-state index < -0.39 is 0 Å². The minimum atomic E-state index is -0.343. The first kappa shape index (κ1) is 25.9. The number of hydrogen-bond donors (Lipinski definition) is 2. The number of carbonyl (C=O) groups is 1. The molecule has 1 heterocycles. The molecule has 3 saturated carbocycles. The van der Waals surface area contributed by atoms with Gasteiger partial charge in [0.2, 0.25) is 0 Å². The Balaban J connectivity index is 1.46. The number of rotatable bonds is 3. The van der Waals surface area contributed by atoms with Gasteiger partial charge in [0.1, 0.15) is 12.0 Å². The maximum Gasteiger partial charge on any atom is 0.137 e. The summed E-state index contributed by atoms with van der Waals surface area (Å²) < 4.78 is 6.38. The van der Waals surface area contributed by atoms with Gasteiger partial charge in [0, 0.05) is 35.8 Å². The summed E-state index contributed by atoms with van der Waals surface area (Å²) >= 11 is 0. The molecule has 5 rings (SSSR count). The summed E-state index contributed by atoms with van der Waals surface area (Å²) in [5.74, 6) is 1.96. The zero-order valence-electron chi connectivity index (χ0n) is 23.4. The fraction of sp³-hybridized carbons (Fsp3) is 0.900. The predicted molar refractivity (Wildman–Crippen MR) is 140 cm³/mol. The molecule has 0 aromatic rings. The number of ketones is 1. The third-order valence-corrected chi connectivity index (χ3v) is 12.1. The van der Waals surface area contributed by atoms with Gasteiger partial charge in [-0.2, -0.15) is 0 Å². The van der Waals surface area contributed by atoms with E-state index in [9.17, 15) is 9.90 Å². The van der Waals surface area contributed by atoms with E-state index in [-0.39, 0.29) is 46.5 Å². The van der Waals surface area contributed by atoms with Crippen LogP contribution in [0, 0.1) is 45.8 Å². The Kier molecular flexibility index (Phi) is 6.39. The number of fused-ring (bicyclic) bond motifs is 6. The number of ether oxygens (including phenoxy) is 1. The first-order chi connectivity index (χ1) is 16.3. The van der Waals surface area contributed by atoms with E-state index in [4.69, 9.17) is 4.74 Å². The summed E-state index contributed by atoms with van der Waals surface area (Å²) in [5.41, 5.74) is 1.41. The van der Waals surface area contributed by atoms with Crippen molar-refractivity contribution in [2.45, 2.75) is 104 Å². The second-order valence-electron chi connectivity index (χ2n) is 14.2. The Morgan fingerprint density at radius 1 is 1.14 bits per heavy atom. The van der Waals surface area contributed by atoms with Crippen LogP contribution in [0.15, 0.2) is 11.6 Å². The van der Waals surface area contributed by atoms with E-state index in [1.54, 1.807) is 0 Å². The number of nitrogens with zero attached hydrogens (tertiary/aromatic N) is 1. The molecule has 0 aromatic carbocycles. The fourth-order valence-corrected chi connectivity index (χ4v) is 9.66. The number of allylic oxidation sites excluding steroid dienone is 1.